The molecule has 0 spiro atoms. The Morgan fingerprint density at radius 1 is 0.966 bits per heavy atom. The summed E-state index contributed by atoms with van der Waals surface area (Å²) in [4.78, 5) is 35.7. The van der Waals surface area contributed by atoms with E-state index in [0.29, 0.717) is 11.3 Å². The Morgan fingerprint density at radius 3 is 2.24 bits per heavy atom. The zero-order valence-electron chi connectivity index (χ0n) is 15.7. The number of esters is 2. The molecule has 2 aromatic carbocycles. The quantitative estimate of drug-likeness (QED) is 0.672. The van der Waals surface area contributed by atoms with E-state index in [-0.39, 0.29) is 17.4 Å². The number of alkyl halides is 2. The van der Waals surface area contributed by atoms with Crippen LogP contribution in [-0.2, 0) is 14.3 Å². The monoisotopic (exact) mass is 407 g/mol. The van der Waals surface area contributed by atoms with E-state index in [1.54, 1.807) is 13.8 Å². The van der Waals surface area contributed by atoms with E-state index < -0.39 is 31.1 Å². The number of hydrogen-bond acceptors (Lipinski definition) is 6. The molecule has 154 valence electrons. The van der Waals surface area contributed by atoms with Crippen molar-refractivity contribution in [2.75, 3.05) is 11.9 Å². The summed E-state index contributed by atoms with van der Waals surface area (Å²) in [7, 11) is 0. The summed E-state index contributed by atoms with van der Waals surface area (Å²) in [5, 5.41) is 2.48. The highest BCUT2D eigenvalue weighted by atomic mass is 19.3. The lowest BCUT2D eigenvalue weighted by Gasteiger charge is -2.11. The van der Waals surface area contributed by atoms with Gasteiger partial charge in [0.15, 0.2) is 6.61 Å². The second-order valence-electron chi connectivity index (χ2n) is 6.03. The molecule has 0 aromatic heterocycles. The Bertz CT molecular complexity index is 868. The van der Waals surface area contributed by atoms with Crippen LogP contribution in [0.15, 0.2) is 48.5 Å². The van der Waals surface area contributed by atoms with Gasteiger partial charge in [-0.15, -0.1) is 0 Å². The van der Waals surface area contributed by atoms with Crippen molar-refractivity contribution in [3.63, 3.8) is 0 Å². The molecule has 2 aromatic rings. The number of amides is 1. The maximum absolute atomic E-state index is 12.4. The first-order chi connectivity index (χ1) is 13.8. The predicted octanol–water partition coefficient (Wildman–Crippen LogP) is 3.65. The highest BCUT2D eigenvalue weighted by Crippen LogP contribution is 2.21. The van der Waals surface area contributed by atoms with Gasteiger partial charge in [0, 0.05) is 5.69 Å². The Labute approximate surface area is 165 Å². The van der Waals surface area contributed by atoms with Crippen LogP contribution in [0.25, 0.3) is 0 Å². The second kappa shape index (κ2) is 10.2. The maximum atomic E-state index is 12.4. The number of ether oxygens (including phenoxy) is 3. The van der Waals surface area contributed by atoms with Crippen LogP contribution in [0.4, 0.5) is 14.5 Å². The first kappa shape index (κ1) is 21.8. The third kappa shape index (κ3) is 6.87. The lowest BCUT2D eigenvalue weighted by atomic mass is 10.2. The van der Waals surface area contributed by atoms with Gasteiger partial charge < -0.3 is 19.5 Å². The van der Waals surface area contributed by atoms with Crippen LogP contribution < -0.4 is 10.1 Å². The molecule has 0 saturated carbocycles. The first-order valence-electron chi connectivity index (χ1n) is 8.58. The smallest absolute Gasteiger partial charge is 0.387 e. The third-order valence-corrected chi connectivity index (χ3v) is 3.40. The summed E-state index contributed by atoms with van der Waals surface area (Å²) in [5.41, 5.74) is 0.459. The molecule has 7 nitrogen and oxygen atoms in total. The molecule has 0 atom stereocenters. The van der Waals surface area contributed by atoms with Crippen LogP contribution in [0.3, 0.4) is 0 Å². The third-order valence-electron chi connectivity index (χ3n) is 3.40. The van der Waals surface area contributed by atoms with Gasteiger partial charge in [0.05, 0.1) is 11.7 Å². The first-order valence-corrected chi connectivity index (χ1v) is 8.58. The number of anilines is 1. The molecule has 0 aliphatic rings. The highest BCUT2D eigenvalue weighted by molar-refractivity contribution is 5.97. The number of carbonyl (C=O) groups excluding carboxylic acids is 3. The van der Waals surface area contributed by atoms with Crippen molar-refractivity contribution >= 4 is 23.5 Å². The number of nitrogens with one attached hydrogen (secondary N) is 1. The van der Waals surface area contributed by atoms with Gasteiger partial charge in [0.1, 0.15) is 11.3 Å². The van der Waals surface area contributed by atoms with Crippen LogP contribution in [0, 0.1) is 0 Å². The summed E-state index contributed by atoms with van der Waals surface area (Å²) in [6, 6.07) is 11.2. The molecule has 0 radical (unpaired) electrons. The molecule has 0 aliphatic carbocycles. The average Bonchev–Trinajstić information content (AvgIpc) is 2.66. The summed E-state index contributed by atoms with van der Waals surface area (Å²) < 4.78 is 38.9. The molecular formula is C20H19F2NO6. The average molecular weight is 407 g/mol. The zero-order valence-corrected chi connectivity index (χ0v) is 15.7. The number of hydrogen-bond donors (Lipinski definition) is 1. The lowest BCUT2D eigenvalue weighted by Crippen LogP contribution is -2.21. The molecule has 1 N–H and O–H groups in total. The number of rotatable bonds is 8. The Hall–Kier alpha value is -3.49. The van der Waals surface area contributed by atoms with Crippen molar-refractivity contribution in [1.82, 2.24) is 0 Å². The maximum Gasteiger partial charge on any atom is 0.387 e. The summed E-state index contributed by atoms with van der Waals surface area (Å²) in [6.45, 7) is -0.288. The van der Waals surface area contributed by atoms with Crippen LogP contribution in [0.1, 0.15) is 34.6 Å². The molecule has 0 unspecified atom stereocenters. The van der Waals surface area contributed by atoms with Crippen molar-refractivity contribution < 1.29 is 37.4 Å². The van der Waals surface area contributed by atoms with Crippen molar-refractivity contribution in [3.05, 3.63) is 59.7 Å². The summed E-state index contributed by atoms with van der Waals surface area (Å²) in [6.07, 6.45) is -0.257. The van der Waals surface area contributed by atoms with Crippen LogP contribution in [0.5, 0.6) is 5.75 Å². The number of para-hydroxylation sites is 1. The summed E-state index contributed by atoms with van der Waals surface area (Å²) in [5.74, 6) is -2.47. The number of benzene rings is 2. The molecule has 29 heavy (non-hydrogen) atoms. The van der Waals surface area contributed by atoms with Gasteiger partial charge >= 0.3 is 18.6 Å². The van der Waals surface area contributed by atoms with E-state index in [1.165, 1.54) is 48.5 Å². The second-order valence-corrected chi connectivity index (χ2v) is 6.03. The summed E-state index contributed by atoms with van der Waals surface area (Å²) >= 11 is 0. The number of halogens is 2. The normalized spacial score (nSPS) is 10.6. The molecular weight excluding hydrogens is 388 g/mol. The molecule has 1 amide bonds. The fraction of sp³-hybridized carbons (Fsp3) is 0.250. The lowest BCUT2D eigenvalue weighted by molar-refractivity contribution is -0.119. The van der Waals surface area contributed by atoms with Gasteiger partial charge in [0.25, 0.3) is 5.91 Å². The fourth-order valence-corrected chi connectivity index (χ4v) is 2.21. The molecule has 0 bridgehead atoms. The zero-order chi connectivity index (χ0) is 21.4. The van der Waals surface area contributed by atoms with Crippen molar-refractivity contribution in [2.24, 2.45) is 0 Å². The van der Waals surface area contributed by atoms with Gasteiger partial charge in [-0.3, -0.25) is 4.79 Å². The minimum absolute atomic E-state index is 0.228. The Morgan fingerprint density at radius 2 is 1.62 bits per heavy atom. The SMILES string of the molecule is CC(C)OC(=O)c1ccc(NC(=O)COC(=O)c2ccccc2OC(F)F)cc1. The highest BCUT2D eigenvalue weighted by Gasteiger charge is 2.18. The Balaban J connectivity index is 1.90. The largest absolute Gasteiger partial charge is 0.459 e. The van der Waals surface area contributed by atoms with Crippen LogP contribution in [-0.4, -0.2) is 37.2 Å². The van der Waals surface area contributed by atoms with Gasteiger partial charge in [-0.25, -0.2) is 9.59 Å². The molecule has 0 saturated heterocycles. The van der Waals surface area contributed by atoms with E-state index in [0.717, 1.165) is 0 Å². The molecule has 0 aliphatic heterocycles. The fourth-order valence-electron chi connectivity index (χ4n) is 2.21. The number of carbonyl (C=O) groups is 3. The van der Waals surface area contributed by atoms with Gasteiger partial charge in [-0.05, 0) is 50.2 Å². The van der Waals surface area contributed by atoms with Crippen molar-refractivity contribution in [1.29, 1.82) is 0 Å². The van der Waals surface area contributed by atoms with Crippen LogP contribution >= 0.6 is 0 Å². The Kier molecular flexibility index (Phi) is 7.64. The van der Waals surface area contributed by atoms with Crippen LogP contribution in [0.2, 0.25) is 0 Å². The van der Waals surface area contributed by atoms with Gasteiger partial charge in [0.2, 0.25) is 0 Å². The van der Waals surface area contributed by atoms with E-state index in [4.69, 9.17) is 9.47 Å². The molecule has 0 fully saturated rings. The molecule has 0 heterocycles. The van der Waals surface area contributed by atoms with Gasteiger partial charge in [-0.2, -0.15) is 8.78 Å². The van der Waals surface area contributed by atoms with Crippen molar-refractivity contribution in [3.8, 4) is 5.75 Å². The predicted molar refractivity (Wildman–Crippen MR) is 99.0 cm³/mol. The molecule has 2 rings (SSSR count). The van der Waals surface area contributed by atoms with E-state index in [9.17, 15) is 23.2 Å². The van der Waals surface area contributed by atoms with Crippen molar-refractivity contribution in [2.45, 2.75) is 26.6 Å². The minimum Gasteiger partial charge on any atom is -0.459 e. The topological polar surface area (TPSA) is 90.9 Å². The standard InChI is InChI=1S/C20H19F2NO6/c1-12(2)28-18(25)13-7-9-14(10-8-13)23-17(24)11-27-19(26)15-5-3-4-6-16(15)29-20(21)22/h3-10,12,20H,11H2,1-2H3,(H,23,24). The van der Waals surface area contributed by atoms with E-state index >= 15 is 0 Å². The minimum atomic E-state index is -3.10. The van der Waals surface area contributed by atoms with E-state index in [1.807, 2.05) is 0 Å². The van der Waals surface area contributed by atoms with E-state index in [2.05, 4.69) is 10.1 Å². The van der Waals surface area contributed by atoms with Gasteiger partial charge in [-0.1, -0.05) is 12.1 Å². The molecule has 9 heteroatoms.